The zero-order valence-corrected chi connectivity index (χ0v) is 15.0. The number of benzene rings is 1. The van der Waals surface area contributed by atoms with Crippen LogP contribution in [0.4, 0.5) is 0 Å². The Bertz CT molecular complexity index is 694. The lowest BCUT2D eigenvalue weighted by atomic mass is 10.2. The molecule has 7 heteroatoms. The monoisotopic (exact) mass is 346 g/mol. The summed E-state index contributed by atoms with van der Waals surface area (Å²) in [6.07, 6.45) is 0.171. The van der Waals surface area contributed by atoms with Crippen molar-refractivity contribution in [3.8, 4) is 11.4 Å². The summed E-state index contributed by atoms with van der Waals surface area (Å²) in [7, 11) is 1.92. The maximum absolute atomic E-state index is 12.4. The lowest BCUT2D eigenvalue weighted by Gasteiger charge is -2.35. The zero-order valence-electron chi connectivity index (χ0n) is 14.2. The van der Waals surface area contributed by atoms with Gasteiger partial charge in [0.2, 0.25) is 5.91 Å². The Labute approximate surface area is 146 Å². The number of hydrogen-bond donors (Lipinski definition) is 0. The molecule has 1 aromatic carbocycles. The third-order valence-corrected chi connectivity index (χ3v) is 4.97. The van der Waals surface area contributed by atoms with Gasteiger partial charge in [-0.15, -0.1) is 10.2 Å². The number of rotatable bonds is 4. The molecular formula is C17H22N4O2S. The average Bonchev–Trinajstić information content (AvgIpc) is 2.93. The van der Waals surface area contributed by atoms with Crippen molar-refractivity contribution in [2.24, 2.45) is 7.05 Å². The van der Waals surface area contributed by atoms with Crippen LogP contribution in [0.3, 0.4) is 0 Å². The Morgan fingerprint density at radius 2 is 1.88 bits per heavy atom. The summed E-state index contributed by atoms with van der Waals surface area (Å²) < 4.78 is 7.60. The molecule has 1 fully saturated rings. The third-order valence-electron chi connectivity index (χ3n) is 3.96. The quantitative estimate of drug-likeness (QED) is 0.795. The summed E-state index contributed by atoms with van der Waals surface area (Å²) in [5, 5.41) is 9.21. The first-order valence-electron chi connectivity index (χ1n) is 8.05. The number of nitrogens with zero attached hydrogens (tertiary/aromatic N) is 4. The second kappa shape index (κ2) is 7.36. The van der Waals surface area contributed by atoms with Crippen molar-refractivity contribution < 1.29 is 9.53 Å². The van der Waals surface area contributed by atoms with Gasteiger partial charge in [0, 0.05) is 25.7 Å². The number of morpholine rings is 1. The highest BCUT2D eigenvalue weighted by Gasteiger charge is 2.26. The zero-order chi connectivity index (χ0) is 17.1. The van der Waals surface area contributed by atoms with Crippen molar-refractivity contribution in [1.29, 1.82) is 0 Å². The lowest BCUT2D eigenvalue weighted by molar-refractivity contribution is -0.140. The van der Waals surface area contributed by atoms with Gasteiger partial charge in [0.15, 0.2) is 11.0 Å². The molecule has 128 valence electrons. The van der Waals surface area contributed by atoms with E-state index < -0.39 is 0 Å². The van der Waals surface area contributed by atoms with Gasteiger partial charge in [-0.2, -0.15) is 0 Å². The van der Waals surface area contributed by atoms with Crippen molar-refractivity contribution in [2.45, 2.75) is 31.2 Å². The van der Waals surface area contributed by atoms with Crippen LogP contribution < -0.4 is 0 Å². The Hall–Kier alpha value is -1.86. The van der Waals surface area contributed by atoms with Gasteiger partial charge in [-0.1, -0.05) is 42.1 Å². The maximum Gasteiger partial charge on any atom is 0.233 e. The highest BCUT2D eigenvalue weighted by molar-refractivity contribution is 7.99. The van der Waals surface area contributed by atoms with Crippen LogP contribution in [0.2, 0.25) is 0 Å². The minimum absolute atomic E-state index is 0.0854. The van der Waals surface area contributed by atoms with E-state index in [-0.39, 0.29) is 18.1 Å². The van der Waals surface area contributed by atoms with Crippen molar-refractivity contribution in [2.75, 3.05) is 18.8 Å². The molecule has 2 atom stereocenters. The van der Waals surface area contributed by atoms with Crippen LogP contribution >= 0.6 is 11.8 Å². The van der Waals surface area contributed by atoms with E-state index >= 15 is 0 Å². The summed E-state index contributed by atoms with van der Waals surface area (Å²) in [5.41, 5.74) is 1.02. The average molecular weight is 346 g/mol. The second-order valence-corrected chi connectivity index (χ2v) is 7.02. The van der Waals surface area contributed by atoms with E-state index in [2.05, 4.69) is 10.2 Å². The number of hydrogen-bond acceptors (Lipinski definition) is 5. The number of thioether (sulfide) groups is 1. The van der Waals surface area contributed by atoms with Gasteiger partial charge in [0.05, 0.1) is 18.0 Å². The number of carbonyl (C=O) groups is 1. The summed E-state index contributed by atoms with van der Waals surface area (Å²) in [4.78, 5) is 14.3. The van der Waals surface area contributed by atoms with E-state index in [9.17, 15) is 4.79 Å². The van der Waals surface area contributed by atoms with Crippen LogP contribution in [0, 0.1) is 0 Å². The molecule has 1 amide bonds. The highest BCUT2D eigenvalue weighted by Crippen LogP contribution is 2.23. The molecule has 24 heavy (non-hydrogen) atoms. The fourth-order valence-electron chi connectivity index (χ4n) is 2.88. The van der Waals surface area contributed by atoms with Crippen molar-refractivity contribution in [1.82, 2.24) is 19.7 Å². The van der Waals surface area contributed by atoms with Crippen LogP contribution in [0.15, 0.2) is 35.5 Å². The van der Waals surface area contributed by atoms with Crippen LogP contribution in [0.1, 0.15) is 13.8 Å². The second-order valence-electron chi connectivity index (χ2n) is 6.08. The molecule has 1 saturated heterocycles. The molecule has 0 unspecified atom stereocenters. The number of amides is 1. The smallest absolute Gasteiger partial charge is 0.233 e. The van der Waals surface area contributed by atoms with Crippen LogP contribution in [0.25, 0.3) is 11.4 Å². The first-order chi connectivity index (χ1) is 11.5. The molecule has 1 aromatic heterocycles. The van der Waals surface area contributed by atoms with Gasteiger partial charge < -0.3 is 14.2 Å². The SMILES string of the molecule is C[C@@H]1CN(C(=O)CSc2nnc(-c3ccccc3)n2C)C[C@H](C)O1. The normalized spacial score (nSPS) is 21.0. The standard InChI is InChI=1S/C17H22N4O2S/c1-12-9-21(10-13(2)23-12)15(22)11-24-17-19-18-16(20(17)3)14-7-5-4-6-8-14/h4-8,12-13H,9-11H2,1-3H3/t12-,13+. The van der Waals surface area contributed by atoms with E-state index in [0.29, 0.717) is 18.8 Å². The molecule has 0 N–H and O–H groups in total. The fourth-order valence-corrected chi connectivity index (χ4v) is 3.69. The van der Waals surface area contributed by atoms with Gasteiger partial charge in [-0.05, 0) is 13.8 Å². The van der Waals surface area contributed by atoms with Gasteiger partial charge in [0.1, 0.15) is 0 Å². The van der Waals surface area contributed by atoms with E-state index in [0.717, 1.165) is 16.5 Å². The first kappa shape index (κ1) is 17.0. The Morgan fingerprint density at radius 3 is 2.54 bits per heavy atom. The van der Waals surface area contributed by atoms with Gasteiger partial charge in [-0.25, -0.2) is 0 Å². The summed E-state index contributed by atoms with van der Waals surface area (Å²) in [6.45, 7) is 5.30. The molecule has 3 rings (SSSR count). The minimum Gasteiger partial charge on any atom is -0.372 e. The van der Waals surface area contributed by atoms with Crippen molar-refractivity contribution >= 4 is 17.7 Å². The molecule has 0 aliphatic carbocycles. The molecule has 0 saturated carbocycles. The Kier molecular flexibility index (Phi) is 5.20. The van der Waals surface area contributed by atoms with E-state index in [4.69, 9.17) is 4.74 Å². The maximum atomic E-state index is 12.4. The molecule has 2 heterocycles. The molecule has 0 bridgehead atoms. The predicted octanol–water partition coefficient (Wildman–Crippen LogP) is 2.21. The summed E-state index contributed by atoms with van der Waals surface area (Å²) >= 11 is 1.42. The molecule has 0 radical (unpaired) electrons. The fraction of sp³-hybridized carbons (Fsp3) is 0.471. The molecular weight excluding hydrogens is 324 g/mol. The van der Waals surface area contributed by atoms with Crippen molar-refractivity contribution in [3.05, 3.63) is 30.3 Å². The molecule has 2 aromatic rings. The summed E-state index contributed by atoms with van der Waals surface area (Å²) in [5.74, 6) is 1.28. The number of ether oxygens (including phenoxy) is 1. The largest absolute Gasteiger partial charge is 0.372 e. The van der Waals surface area contributed by atoms with Gasteiger partial charge in [0.25, 0.3) is 0 Å². The number of carbonyl (C=O) groups excluding carboxylic acids is 1. The molecule has 1 aliphatic heterocycles. The van der Waals surface area contributed by atoms with Crippen LogP contribution in [-0.2, 0) is 16.6 Å². The highest BCUT2D eigenvalue weighted by atomic mass is 32.2. The van der Waals surface area contributed by atoms with Crippen LogP contribution in [0.5, 0.6) is 0 Å². The Balaban J connectivity index is 1.63. The predicted molar refractivity (Wildman–Crippen MR) is 93.8 cm³/mol. The third kappa shape index (κ3) is 3.79. The molecule has 0 spiro atoms. The van der Waals surface area contributed by atoms with Crippen molar-refractivity contribution in [3.63, 3.8) is 0 Å². The van der Waals surface area contributed by atoms with E-state index in [1.54, 1.807) is 0 Å². The van der Waals surface area contributed by atoms with Gasteiger partial charge >= 0.3 is 0 Å². The minimum atomic E-state index is 0.0854. The molecule has 6 nitrogen and oxygen atoms in total. The van der Waals surface area contributed by atoms with Crippen LogP contribution in [-0.4, -0.2) is 56.6 Å². The molecule has 1 aliphatic rings. The number of aromatic nitrogens is 3. The summed E-state index contributed by atoms with van der Waals surface area (Å²) in [6, 6.07) is 9.92. The lowest BCUT2D eigenvalue weighted by Crippen LogP contribution is -2.48. The first-order valence-corrected chi connectivity index (χ1v) is 9.04. The van der Waals surface area contributed by atoms with E-state index in [1.165, 1.54) is 11.8 Å². The van der Waals surface area contributed by atoms with E-state index in [1.807, 2.05) is 60.7 Å². The Morgan fingerprint density at radius 1 is 1.21 bits per heavy atom. The van der Waals surface area contributed by atoms with Gasteiger partial charge in [-0.3, -0.25) is 4.79 Å². The topological polar surface area (TPSA) is 60.2 Å².